The number of rotatable bonds is 3. The maximum Gasteiger partial charge on any atom is 0.317 e. The zero-order valence-corrected chi connectivity index (χ0v) is 14.9. The summed E-state index contributed by atoms with van der Waals surface area (Å²) in [4.78, 5) is 16.4. The van der Waals surface area contributed by atoms with E-state index in [9.17, 15) is 9.18 Å². The van der Waals surface area contributed by atoms with E-state index >= 15 is 0 Å². The smallest absolute Gasteiger partial charge is 0.317 e. The van der Waals surface area contributed by atoms with Crippen molar-refractivity contribution in [3.05, 3.63) is 54.3 Å². The Balaban J connectivity index is 1.24. The van der Waals surface area contributed by atoms with E-state index in [4.69, 9.17) is 9.47 Å². The highest BCUT2D eigenvalue weighted by molar-refractivity contribution is 5.74. The van der Waals surface area contributed by atoms with Gasteiger partial charge in [-0.25, -0.2) is 9.18 Å². The van der Waals surface area contributed by atoms with Gasteiger partial charge in [-0.05, 0) is 36.4 Å². The molecule has 2 aliphatic heterocycles. The molecule has 2 aromatic carbocycles. The first kappa shape index (κ1) is 17.5. The second-order valence-corrected chi connectivity index (χ2v) is 6.63. The van der Waals surface area contributed by atoms with Gasteiger partial charge in [0.2, 0.25) is 0 Å². The van der Waals surface area contributed by atoms with Crippen LogP contribution in [0.5, 0.6) is 11.5 Å². The first-order valence-corrected chi connectivity index (χ1v) is 9.11. The number of halogens is 1. The van der Waals surface area contributed by atoms with Crippen molar-refractivity contribution in [2.75, 3.05) is 44.2 Å². The van der Waals surface area contributed by atoms with Crippen LogP contribution < -0.4 is 19.7 Å². The van der Waals surface area contributed by atoms with Crippen LogP contribution in [0.1, 0.15) is 0 Å². The second-order valence-electron chi connectivity index (χ2n) is 6.63. The van der Waals surface area contributed by atoms with Crippen molar-refractivity contribution in [1.29, 1.82) is 0 Å². The maximum absolute atomic E-state index is 13.0. The summed E-state index contributed by atoms with van der Waals surface area (Å²) >= 11 is 0. The fourth-order valence-corrected chi connectivity index (χ4v) is 3.30. The third-order valence-electron chi connectivity index (χ3n) is 4.81. The highest BCUT2D eigenvalue weighted by Crippen LogP contribution is 2.30. The van der Waals surface area contributed by atoms with Crippen molar-refractivity contribution in [3.8, 4) is 11.5 Å². The SMILES string of the molecule is O=C(NCC1COc2ccccc2O1)N1CCN(c2ccc(F)cc2)CC1. The summed E-state index contributed by atoms with van der Waals surface area (Å²) in [6.45, 7) is 3.48. The molecule has 0 radical (unpaired) electrons. The molecule has 2 aliphatic rings. The van der Waals surface area contributed by atoms with Crippen LogP contribution in [0, 0.1) is 5.82 Å². The number of hydrogen-bond donors (Lipinski definition) is 1. The highest BCUT2D eigenvalue weighted by Gasteiger charge is 2.24. The number of urea groups is 1. The molecular formula is C20H22FN3O3. The lowest BCUT2D eigenvalue weighted by Gasteiger charge is -2.36. The molecule has 1 unspecified atom stereocenters. The molecule has 2 heterocycles. The summed E-state index contributed by atoms with van der Waals surface area (Å²) in [6.07, 6.45) is -0.204. The molecule has 1 N–H and O–H groups in total. The van der Waals surface area contributed by atoms with Crippen LogP contribution in [0.4, 0.5) is 14.9 Å². The van der Waals surface area contributed by atoms with Gasteiger partial charge in [0.25, 0.3) is 0 Å². The lowest BCUT2D eigenvalue weighted by molar-refractivity contribution is 0.0900. The van der Waals surface area contributed by atoms with Crippen LogP contribution >= 0.6 is 0 Å². The second kappa shape index (κ2) is 7.73. The largest absolute Gasteiger partial charge is 0.486 e. The van der Waals surface area contributed by atoms with E-state index in [0.29, 0.717) is 32.0 Å². The third kappa shape index (κ3) is 4.07. The number of benzene rings is 2. The van der Waals surface area contributed by atoms with Crippen molar-refractivity contribution in [3.63, 3.8) is 0 Å². The molecule has 0 saturated carbocycles. The summed E-state index contributed by atoms with van der Waals surface area (Å²) in [6, 6.07) is 13.9. The number of amides is 2. The molecule has 2 aromatic rings. The maximum atomic E-state index is 13.0. The molecule has 27 heavy (non-hydrogen) atoms. The Morgan fingerprint density at radius 2 is 1.74 bits per heavy atom. The molecule has 7 heteroatoms. The zero-order chi connectivity index (χ0) is 18.6. The molecule has 1 saturated heterocycles. The van der Waals surface area contributed by atoms with Crippen molar-refractivity contribution >= 4 is 11.7 Å². The van der Waals surface area contributed by atoms with Gasteiger partial charge in [-0.1, -0.05) is 12.1 Å². The Kier molecular flexibility index (Phi) is 5.00. The number of carbonyl (C=O) groups is 1. The standard InChI is InChI=1S/C20H22FN3O3/c21-15-5-7-16(8-6-15)23-9-11-24(12-10-23)20(25)22-13-17-14-26-18-3-1-2-4-19(18)27-17/h1-8,17H,9-14H2,(H,22,25). The molecule has 0 aliphatic carbocycles. The van der Waals surface area contributed by atoms with E-state index in [1.54, 1.807) is 17.0 Å². The van der Waals surface area contributed by atoms with E-state index in [1.165, 1.54) is 12.1 Å². The number of piperazine rings is 1. The molecule has 6 nitrogen and oxygen atoms in total. The number of para-hydroxylation sites is 2. The number of ether oxygens (including phenoxy) is 2. The van der Waals surface area contributed by atoms with Gasteiger partial charge in [0.15, 0.2) is 17.6 Å². The summed E-state index contributed by atoms with van der Waals surface area (Å²) < 4.78 is 24.6. The van der Waals surface area contributed by atoms with Crippen molar-refractivity contribution in [2.45, 2.75) is 6.10 Å². The first-order chi connectivity index (χ1) is 13.2. The molecule has 0 spiro atoms. The molecule has 4 rings (SSSR count). The first-order valence-electron chi connectivity index (χ1n) is 9.11. The lowest BCUT2D eigenvalue weighted by Crippen LogP contribution is -2.53. The Morgan fingerprint density at radius 1 is 1.04 bits per heavy atom. The third-order valence-corrected chi connectivity index (χ3v) is 4.81. The molecule has 0 bridgehead atoms. The van der Waals surface area contributed by atoms with E-state index in [0.717, 1.165) is 24.5 Å². The van der Waals surface area contributed by atoms with E-state index in [-0.39, 0.29) is 18.0 Å². The predicted molar refractivity (Wildman–Crippen MR) is 99.9 cm³/mol. The number of nitrogens with zero attached hydrogens (tertiary/aromatic N) is 2. The van der Waals surface area contributed by atoms with Gasteiger partial charge in [-0.2, -0.15) is 0 Å². The highest BCUT2D eigenvalue weighted by atomic mass is 19.1. The van der Waals surface area contributed by atoms with Crippen LogP contribution in [-0.2, 0) is 0 Å². The predicted octanol–water partition coefficient (Wildman–Crippen LogP) is 2.50. The summed E-state index contributed by atoms with van der Waals surface area (Å²) in [5, 5.41) is 2.93. The van der Waals surface area contributed by atoms with Gasteiger partial charge in [0, 0.05) is 31.9 Å². The van der Waals surface area contributed by atoms with Crippen molar-refractivity contribution in [1.82, 2.24) is 10.2 Å². The Morgan fingerprint density at radius 3 is 2.48 bits per heavy atom. The number of nitrogens with one attached hydrogen (secondary N) is 1. The fraction of sp³-hybridized carbons (Fsp3) is 0.350. The number of hydrogen-bond acceptors (Lipinski definition) is 4. The fourth-order valence-electron chi connectivity index (χ4n) is 3.30. The van der Waals surface area contributed by atoms with Gasteiger partial charge in [-0.3, -0.25) is 0 Å². The minimum absolute atomic E-state index is 0.101. The van der Waals surface area contributed by atoms with Gasteiger partial charge in [0.1, 0.15) is 12.4 Å². The Labute approximate surface area is 157 Å². The zero-order valence-electron chi connectivity index (χ0n) is 14.9. The average Bonchev–Trinajstić information content (AvgIpc) is 2.72. The summed E-state index contributed by atoms with van der Waals surface area (Å²) in [5.41, 5.74) is 0.975. The summed E-state index contributed by atoms with van der Waals surface area (Å²) in [5.74, 6) is 1.20. The quantitative estimate of drug-likeness (QED) is 0.901. The van der Waals surface area contributed by atoms with Crippen molar-refractivity contribution in [2.24, 2.45) is 0 Å². The van der Waals surface area contributed by atoms with E-state index < -0.39 is 0 Å². The van der Waals surface area contributed by atoms with Crippen molar-refractivity contribution < 1.29 is 18.7 Å². The van der Waals surface area contributed by atoms with Crippen LogP contribution in [-0.4, -0.2) is 56.4 Å². The van der Waals surface area contributed by atoms with Gasteiger partial charge < -0.3 is 24.6 Å². The topological polar surface area (TPSA) is 54.0 Å². The molecule has 0 aromatic heterocycles. The summed E-state index contributed by atoms with van der Waals surface area (Å²) in [7, 11) is 0. The van der Waals surface area contributed by atoms with E-state index in [1.807, 2.05) is 24.3 Å². The molecule has 2 amide bonds. The van der Waals surface area contributed by atoms with Gasteiger partial charge in [0.05, 0.1) is 6.54 Å². The average molecular weight is 371 g/mol. The minimum atomic E-state index is -0.242. The molecule has 1 fully saturated rings. The number of carbonyl (C=O) groups excluding carboxylic acids is 1. The lowest BCUT2D eigenvalue weighted by atomic mass is 10.2. The van der Waals surface area contributed by atoms with Crippen LogP contribution in [0.2, 0.25) is 0 Å². The molecular weight excluding hydrogens is 349 g/mol. The molecule has 1 atom stereocenters. The van der Waals surface area contributed by atoms with E-state index in [2.05, 4.69) is 10.2 Å². The normalized spacial score (nSPS) is 18.9. The minimum Gasteiger partial charge on any atom is -0.486 e. The number of anilines is 1. The van der Waals surface area contributed by atoms with Gasteiger partial charge in [-0.15, -0.1) is 0 Å². The van der Waals surface area contributed by atoms with Crippen LogP contribution in [0.3, 0.4) is 0 Å². The monoisotopic (exact) mass is 371 g/mol. The van der Waals surface area contributed by atoms with Crippen LogP contribution in [0.15, 0.2) is 48.5 Å². The van der Waals surface area contributed by atoms with Crippen LogP contribution in [0.25, 0.3) is 0 Å². The Bertz CT molecular complexity index is 791. The Hall–Kier alpha value is -2.96. The van der Waals surface area contributed by atoms with Gasteiger partial charge >= 0.3 is 6.03 Å². The number of fused-ring (bicyclic) bond motifs is 1. The molecule has 142 valence electrons.